The van der Waals surface area contributed by atoms with E-state index in [1.807, 2.05) is 0 Å². The van der Waals surface area contributed by atoms with E-state index in [0.717, 1.165) is 49.9 Å². The molecule has 2 atom stereocenters. The second-order valence-electron chi connectivity index (χ2n) is 6.85. The van der Waals surface area contributed by atoms with E-state index in [4.69, 9.17) is 4.74 Å². The quantitative estimate of drug-likeness (QED) is 0.719. The number of halogens is 3. The fourth-order valence-corrected chi connectivity index (χ4v) is 3.04. The first-order valence-electron chi connectivity index (χ1n) is 9.07. The molecule has 0 unspecified atom stereocenters. The minimum absolute atomic E-state index is 0.0233. The number of hydrogen-bond acceptors (Lipinski definition) is 4. The van der Waals surface area contributed by atoms with Gasteiger partial charge in [-0.25, -0.2) is 0 Å². The van der Waals surface area contributed by atoms with Crippen LogP contribution in [0.3, 0.4) is 0 Å². The van der Waals surface area contributed by atoms with Crippen molar-refractivity contribution in [2.45, 2.75) is 44.8 Å². The van der Waals surface area contributed by atoms with Crippen LogP contribution in [0.4, 0.5) is 13.2 Å². The van der Waals surface area contributed by atoms with Gasteiger partial charge in [-0.2, -0.15) is 13.2 Å². The summed E-state index contributed by atoms with van der Waals surface area (Å²) in [5.41, 5.74) is -0.897. The Morgan fingerprint density at radius 2 is 1.75 bits per heavy atom. The lowest BCUT2D eigenvalue weighted by molar-refractivity contribution is -0.147. The average molecular weight is 400 g/mol. The van der Waals surface area contributed by atoms with Crippen molar-refractivity contribution in [1.82, 2.24) is 10.6 Å². The molecule has 0 radical (unpaired) electrons. The molecule has 154 valence electrons. The highest BCUT2D eigenvalue weighted by Crippen LogP contribution is 2.29. The summed E-state index contributed by atoms with van der Waals surface area (Å²) < 4.78 is 42.3. The van der Waals surface area contributed by atoms with Crippen LogP contribution in [0.1, 0.15) is 48.5 Å². The molecule has 0 aromatic heterocycles. The van der Waals surface area contributed by atoms with E-state index in [0.29, 0.717) is 5.92 Å². The van der Waals surface area contributed by atoms with Crippen molar-refractivity contribution in [2.75, 3.05) is 13.2 Å². The normalized spacial score (nSPS) is 19.6. The van der Waals surface area contributed by atoms with Gasteiger partial charge in [-0.3, -0.25) is 14.4 Å². The summed E-state index contributed by atoms with van der Waals surface area (Å²) in [6.45, 7) is 1.12. The van der Waals surface area contributed by atoms with Crippen LogP contribution in [-0.2, 0) is 20.5 Å². The Hall–Kier alpha value is -2.58. The van der Waals surface area contributed by atoms with E-state index in [9.17, 15) is 27.6 Å². The minimum atomic E-state index is -4.49. The van der Waals surface area contributed by atoms with Gasteiger partial charge < -0.3 is 15.4 Å². The molecule has 1 aromatic carbocycles. The number of nitrogens with one attached hydrogen (secondary N) is 2. The molecule has 1 saturated carbocycles. The van der Waals surface area contributed by atoms with Crippen molar-refractivity contribution >= 4 is 17.8 Å². The summed E-state index contributed by atoms with van der Waals surface area (Å²) in [4.78, 5) is 35.4. The van der Waals surface area contributed by atoms with E-state index in [-0.39, 0.29) is 11.6 Å². The van der Waals surface area contributed by atoms with Crippen molar-refractivity contribution in [2.24, 2.45) is 5.92 Å². The van der Waals surface area contributed by atoms with Crippen molar-refractivity contribution in [3.8, 4) is 0 Å². The van der Waals surface area contributed by atoms with Gasteiger partial charge in [-0.15, -0.1) is 0 Å². The van der Waals surface area contributed by atoms with Crippen molar-refractivity contribution < 1.29 is 32.3 Å². The number of esters is 1. The third-order valence-electron chi connectivity index (χ3n) is 4.69. The highest BCUT2D eigenvalue weighted by Gasteiger charge is 2.30. The van der Waals surface area contributed by atoms with Crippen LogP contribution in [-0.4, -0.2) is 37.0 Å². The molecule has 2 amide bonds. The number of amides is 2. The summed E-state index contributed by atoms with van der Waals surface area (Å²) >= 11 is 0. The van der Waals surface area contributed by atoms with Crippen LogP contribution in [0.5, 0.6) is 0 Å². The highest BCUT2D eigenvalue weighted by molar-refractivity contribution is 5.96. The van der Waals surface area contributed by atoms with E-state index < -0.39 is 42.7 Å². The van der Waals surface area contributed by atoms with E-state index in [1.165, 1.54) is 0 Å². The standard InChI is InChI=1S/C19H23F3N2O4/c1-12-4-2-3-5-15(12)24-16(25)11-28-17(26)10-23-18(27)13-6-8-14(9-7-13)19(20,21)22/h6-9,12,15H,2-5,10-11H2,1H3,(H,23,27)(H,24,25)/t12-,15-/m1/s1. The van der Waals surface area contributed by atoms with Gasteiger partial charge in [0.15, 0.2) is 6.61 Å². The molecule has 2 rings (SSSR count). The first-order valence-corrected chi connectivity index (χ1v) is 9.07. The van der Waals surface area contributed by atoms with Crippen molar-refractivity contribution in [1.29, 1.82) is 0 Å². The van der Waals surface area contributed by atoms with Gasteiger partial charge in [-0.1, -0.05) is 19.8 Å². The second-order valence-corrected chi connectivity index (χ2v) is 6.85. The minimum Gasteiger partial charge on any atom is -0.454 e. The topological polar surface area (TPSA) is 84.5 Å². The Morgan fingerprint density at radius 1 is 1.11 bits per heavy atom. The summed E-state index contributed by atoms with van der Waals surface area (Å²) in [5, 5.41) is 5.08. The van der Waals surface area contributed by atoms with E-state index >= 15 is 0 Å². The average Bonchev–Trinajstić information content (AvgIpc) is 2.65. The molecule has 0 aliphatic heterocycles. The third-order valence-corrected chi connectivity index (χ3v) is 4.69. The number of carbonyl (C=O) groups is 3. The Labute approximate surface area is 160 Å². The van der Waals surface area contributed by atoms with Crippen molar-refractivity contribution in [3.63, 3.8) is 0 Å². The van der Waals surface area contributed by atoms with Crippen LogP contribution in [0.2, 0.25) is 0 Å². The van der Waals surface area contributed by atoms with Crippen LogP contribution in [0.15, 0.2) is 24.3 Å². The Bertz CT molecular complexity index is 704. The Balaban J connectivity index is 1.71. The van der Waals surface area contributed by atoms with E-state index in [2.05, 4.69) is 17.6 Å². The number of benzene rings is 1. The molecule has 2 N–H and O–H groups in total. The van der Waals surface area contributed by atoms with Gasteiger partial charge in [0.1, 0.15) is 6.54 Å². The van der Waals surface area contributed by atoms with Gasteiger partial charge in [-0.05, 0) is 43.0 Å². The molecule has 6 nitrogen and oxygen atoms in total. The number of carbonyl (C=O) groups excluding carboxylic acids is 3. The summed E-state index contributed by atoms with van der Waals surface area (Å²) in [7, 11) is 0. The zero-order chi connectivity index (χ0) is 20.7. The maximum Gasteiger partial charge on any atom is 0.416 e. The van der Waals surface area contributed by atoms with Gasteiger partial charge in [0, 0.05) is 11.6 Å². The Morgan fingerprint density at radius 3 is 2.36 bits per heavy atom. The lowest BCUT2D eigenvalue weighted by atomic mass is 9.86. The third kappa shape index (κ3) is 6.54. The summed E-state index contributed by atoms with van der Waals surface area (Å²) in [6, 6.07) is 3.66. The number of ether oxygens (including phenoxy) is 1. The zero-order valence-corrected chi connectivity index (χ0v) is 15.5. The molecule has 1 aromatic rings. The molecule has 9 heteroatoms. The molecule has 1 aliphatic rings. The summed E-state index contributed by atoms with van der Waals surface area (Å²) in [5.74, 6) is -1.56. The van der Waals surface area contributed by atoms with Gasteiger partial charge in [0.25, 0.3) is 11.8 Å². The largest absolute Gasteiger partial charge is 0.454 e. The predicted octanol–water partition coefficient (Wildman–Crippen LogP) is 2.67. The van der Waals surface area contributed by atoms with E-state index in [1.54, 1.807) is 0 Å². The molecule has 0 saturated heterocycles. The first-order chi connectivity index (χ1) is 13.2. The Kier molecular flexibility index (Phi) is 7.42. The zero-order valence-electron chi connectivity index (χ0n) is 15.5. The molecular weight excluding hydrogens is 377 g/mol. The van der Waals surface area contributed by atoms with Crippen LogP contribution in [0, 0.1) is 5.92 Å². The smallest absolute Gasteiger partial charge is 0.416 e. The molecule has 1 fully saturated rings. The molecular formula is C19H23F3N2O4. The molecule has 1 aliphatic carbocycles. The van der Waals surface area contributed by atoms with Crippen LogP contribution < -0.4 is 10.6 Å². The SMILES string of the molecule is C[C@@H]1CCCC[C@H]1NC(=O)COC(=O)CNC(=O)c1ccc(C(F)(F)F)cc1. The summed E-state index contributed by atoms with van der Waals surface area (Å²) in [6.07, 6.45) is -0.369. The number of hydrogen-bond donors (Lipinski definition) is 2. The number of rotatable bonds is 6. The molecule has 0 bridgehead atoms. The molecule has 28 heavy (non-hydrogen) atoms. The van der Waals surface area contributed by atoms with Gasteiger partial charge >= 0.3 is 12.1 Å². The van der Waals surface area contributed by atoms with Crippen LogP contribution >= 0.6 is 0 Å². The molecule has 0 heterocycles. The lowest BCUT2D eigenvalue weighted by Gasteiger charge is -2.29. The predicted molar refractivity (Wildman–Crippen MR) is 94.3 cm³/mol. The maximum atomic E-state index is 12.5. The van der Waals surface area contributed by atoms with Crippen molar-refractivity contribution in [3.05, 3.63) is 35.4 Å². The molecule has 0 spiro atoms. The fourth-order valence-electron chi connectivity index (χ4n) is 3.04. The number of alkyl halides is 3. The maximum absolute atomic E-state index is 12.5. The fraction of sp³-hybridized carbons (Fsp3) is 0.526. The first kappa shape index (κ1) is 21.7. The lowest BCUT2D eigenvalue weighted by Crippen LogP contribution is -2.43. The highest BCUT2D eigenvalue weighted by atomic mass is 19.4. The monoisotopic (exact) mass is 400 g/mol. The van der Waals surface area contributed by atoms with Gasteiger partial charge in [0.2, 0.25) is 0 Å². The van der Waals surface area contributed by atoms with Crippen LogP contribution in [0.25, 0.3) is 0 Å². The second kappa shape index (κ2) is 9.57. The van der Waals surface area contributed by atoms with Gasteiger partial charge in [0.05, 0.1) is 5.56 Å².